The van der Waals surface area contributed by atoms with Gasteiger partial charge in [-0.15, -0.1) is 0 Å². The molecular formula is C14H5Cl6NO3. The number of carboxylic acids is 1. The summed E-state index contributed by atoms with van der Waals surface area (Å²) in [6, 6.07) is 6.03. The molecule has 0 atom stereocenters. The van der Waals surface area contributed by atoms with E-state index in [1.54, 1.807) is 12.1 Å². The number of rotatable bonds is 3. The quantitative estimate of drug-likeness (QED) is 0.334. The molecule has 0 aliphatic rings. The van der Waals surface area contributed by atoms with E-state index in [-0.39, 0.29) is 20.8 Å². The molecule has 0 heterocycles. The molecule has 0 saturated heterocycles. The molecule has 4 nitrogen and oxygen atoms in total. The standard InChI is InChI=1S/C14H5Cl6NO3/c15-5-2-1-3-6(4-5)21(20)13(22)7-8(14(23)24)10(17)12(19)11(18)9(7)16/h1-4H,(H,23,24). The molecule has 0 aliphatic carbocycles. The third kappa shape index (κ3) is 3.54. The zero-order valence-corrected chi connectivity index (χ0v) is 15.8. The van der Waals surface area contributed by atoms with Crippen LogP contribution in [0.4, 0.5) is 5.69 Å². The van der Waals surface area contributed by atoms with E-state index >= 15 is 0 Å². The van der Waals surface area contributed by atoms with Gasteiger partial charge in [-0.05, 0) is 18.2 Å². The number of halogens is 6. The van der Waals surface area contributed by atoms with Crippen molar-refractivity contribution < 1.29 is 14.7 Å². The van der Waals surface area contributed by atoms with Crippen LogP contribution in [0, 0.1) is 0 Å². The molecule has 2 aromatic rings. The molecule has 0 unspecified atom stereocenters. The van der Waals surface area contributed by atoms with Gasteiger partial charge in [-0.2, -0.15) is 0 Å². The normalized spacial score (nSPS) is 10.6. The second kappa shape index (κ2) is 7.56. The lowest BCUT2D eigenvalue weighted by molar-refractivity contribution is 0.0692. The molecule has 126 valence electrons. The summed E-state index contributed by atoms with van der Waals surface area (Å²) in [4.78, 5) is 24.2. The molecule has 0 saturated carbocycles. The van der Waals surface area contributed by atoms with Crippen LogP contribution in [-0.4, -0.2) is 17.0 Å². The summed E-state index contributed by atoms with van der Waals surface area (Å²) < 4.78 is 0.653. The van der Waals surface area contributed by atoms with Crippen molar-refractivity contribution in [2.75, 3.05) is 4.42 Å². The number of nitrogens with zero attached hydrogens (tertiary/aromatic N) is 1. The number of carbonyl (C=O) groups excluding carboxylic acids is 1. The summed E-state index contributed by atoms with van der Waals surface area (Å²) in [5, 5.41) is 8.35. The van der Waals surface area contributed by atoms with Crippen molar-refractivity contribution in [2.45, 2.75) is 0 Å². The van der Waals surface area contributed by atoms with Gasteiger partial charge < -0.3 is 5.11 Å². The van der Waals surface area contributed by atoms with Crippen LogP contribution in [0.3, 0.4) is 0 Å². The van der Waals surface area contributed by atoms with Crippen molar-refractivity contribution >= 4 is 87.3 Å². The van der Waals surface area contributed by atoms with Gasteiger partial charge in [0.05, 0.1) is 36.9 Å². The monoisotopic (exact) mass is 445 g/mol. The molecule has 0 aromatic heterocycles. The van der Waals surface area contributed by atoms with Gasteiger partial charge in [0.15, 0.2) is 0 Å². The van der Waals surface area contributed by atoms with Gasteiger partial charge in [0.25, 0.3) is 5.91 Å². The molecule has 2 aromatic carbocycles. The van der Waals surface area contributed by atoms with Crippen molar-refractivity contribution in [3.63, 3.8) is 0 Å². The molecule has 0 spiro atoms. The molecule has 0 radical (unpaired) electrons. The molecule has 0 aliphatic heterocycles. The van der Waals surface area contributed by atoms with Crippen LogP contribution in [0.2, 0.25) is 25.1 Å². The van der Waals surface area contributed by atoms with Crippen LogP contribution in [0.15, 0.2) is 24.3 Å². The Balaban J connectivity index is 2.67. The molecule has 1 amide bonds. The minimum Gasteiger partial charge on any atom is -0.478 e. The smallest absolute Gasteiger partial charge is 0.338 e. The maximum absolute atomic E-state index is 12.7. The number of aromatic carboxylic acids is 1. The highest BCUT2D eigenvalue weighted by atomic mass is 35.5. The second-order valence-electron chi connectivity index (χ2n) is 4.38. The van der Waals surface area contributed by atoms with Gasteiger partial charge in [0.2, 0.25) is 0 Å². The average molecular weight is 448 g/mol. The van der Waals surface area contributed by atoms with Gasteiger partial charge in [-0.3, -0.25) is 4.79 Å². The first kappa shape index (κ1) is 19.4. The summed E-state index contributed by atoms with van der Waals surface area (Å²) in [5.41, 5.74) is -0.893. The average Bonchev–Trinajstić information content (AvgIpc) is 2.54. The summed E-state index contributed by atoms with van der Waals surface area (Å²) in [5.74, 6) is -2.47. The van der Waals surface area contributed by atoms with Crippen molar-refractivity contribution in [1.82, 2.24) is 0 Å². The third-order valence-electron chi connectivity index (χ3n) is 2.91. The summed E-state index contributed by atoms with van der Waals surface area (Å²) in [6.07, 6.45) is 0. The highest BCUT2D eigenvalue weighted by Gasteiger charge is 2.31. The van der Waals surface area contributed by atoms with Gasteiger partial charge in [-0.25, -0.2) is 9.21 Å². The Labute approximate surface area is 166 Å². The number of hydrogen-bond acceptors (Lipinski definition) is 2. The van der Waals surface area contributed by atoms with Crippen LogP contribution < -0.4 is 4.42 Å². The molecule has 0 fully saturated rings. The fourth-order valence-electron chi connectivity index (χ4n) is 1.85. The number of anilines is 1. The molecular weight excluding hydrogens is 443 g/mol. The SMILES string of the molecule is O=C(O)c1c(Cl)c(Cl)c(Cl)c(Cl)c1C(=O)N(Cl)c1cccc(Cl)c1. The zero-order chi connectivity index (χ0) is 18.2. The first-order valence-electron chi connectivity index (χ1n) is 6.01. The molecule has 1 N–H and O–H groups in total. The third-order valence-corrected chi connectivity index (χ3v) is 5.29. The van der Waals surface area contributed by atoms with Gasteiger partial charge >= 0.3 is 5.97 Å². The zero-order valence-electron chi connectivity index (χ0n) is 11.3. The van der Waals surface area contributed by atoms with E-state index in [0.29, 0.717) is 9.44 Å². The lowest BCUT2D eigenvalue weighted by Crippen LogP contribution is -2.24. The Bertz CT molecular complexity index is 855. The van der Waals surface area contributed by atoms with Crippen molar-refractivity contribution in [1.29, 1.82) is 0 Å². The Kier molecular flexibility index (Phi) is 6.13. The predicted molar refractivity (Wildman–Crippen MR) is 97.6 cm³/mol. The van der Waals surface area contributed by atoms with Crippen molar-refractivity contribution in [3.8, 4) is 0 Å². The lowest BCUT2D eigenvalue weighted by Gasteiger charge is -2.18. The molecule has 2 rings (SSSR count). The summed E-state index contributed by atoms with van der Waals surface area (Å²) >= 11 is 35.5. The largest absolute Gasteiger partial charge is 0.478 e. The predicted octanol–water partition coefficient (Wildman–Crippen LogP) is 6.45. The van der Waals surface area contributed by atoms with Crippen LogP contribution >= 0.6 is 69.8 Å². The Morgan fingerprint density at radius 3 is 1.92 bits per heavy atom. The van der Waals surface area contributed by atoms with Crippen molar-refractivity contribution in [3.05, 3.63) is 60.5 Å². The van der Waals surface area contributed by atoms with Crippen LogP contribution in [-0.2, 0) is 0 Å². The minimum atomic E-state index is -1.51. The first-order chi connectivity index (χ1) is 11.2. The topological polar surface area (TPSA) is 57.6 Å². The van der Waals surface area contributed by atoms with Crippen LogP contribution in [0.5, 0.6) is 0 Å². The van der Waals surface area contributed by atoms with Gasteiger partial charge in [-0.1, -0.05) is 64.1 Å². The number of amides is 1. The maximum atomic E-state index is 12.7. The van der Waals surface area contributed by atoms with Crippen molar-refractivity contribution in [2.24, 2.45) is 0 Å². The lowest BCUT2D eigenvalue weighted by atomic mass is 10.1. The van der Waals surface area contributed by atoms with E-state index in [2.05, 4.69) is 0 Å². The van der Waals surface area contributed by atoms with E-state index in [9.17, 15) is 14.7 Å². The summed E-state index contributed by atoms with van der Waals surface area (Å²) in [6.45, 7) is 0. The van der Waals surface area contributed by atoms with E-state index in [1.165, 1.54) is 12.1 Å². The van der Waals surface area contributed by atoms with E-state index in [0.717, 1.165) is 0 Å². The molecule has 10 heteroatoms. The van der Waals surface area contributed by atoms with Gasteiger partial charge in [0.1, 0.15) is 0 Å². The second-order valence-corrected chi connectivity index (χ2v) is 6.66. The highest BCUT2D eigenvalue weighted by Crippen LogP contribution is 2.42. The van der Waals surface area contributed by atoms with E-state index < -0.39 is 28.0 Å². The molecule has 24 heavy (non-hydrogen) atoms. The molecule has 0 bridgehead atoms. The number of benzene rings is 2. The highest BCUT2D eigenvalue weighted by molar-refractivity contribution is 6.55. The first-order valence-corrected chi connectivity index (χ1v) is 8.24. The number of carbonyl (C=O) groups is 2. The Hall–Kier alpha value is -0.880. The maximum Gasteiger partial charge on any atom is 0.338 e. The van der Waals surface area contributed by atoms with E-state index in [1.807, 2.05) is 0 Å². The van der Waals surface area contributed by atoms with Gasteiger partial charge in [0, 0.05) is 16.8 Å². The number of carboxylic acid groups (broad SMARTS) is 1. The van der Waals surface area contributed by atoms with Crippen LogP contribution in [0.1, 0.15) is 20.7 Å². The Morgan fingerprint density at radius 2 is 1.42 bits per heavy atom. The van der Waals surface area contributed by atoms with E-state index in [4.69, 9.17) is 69.8 Å². The fourth-order valence-corrected chi connectivity index (χ4v) is 3.24. The minimum absolute atomic E-state index is 0.198. The summed E-state index contributed by atoms with van der Waals surface area (Å²) in [7, 11) is 0. The fraction of sp³-hybridized carbons (Fsp3) is 0. The Morgan fingerprint density at radius 1 is 0.875 bits per heavy atom. The van der Waals surface area contributed by atoms with Crippen LogP contribution in [0.25, 0.3) is 0 Å². The number of hydrogen-bond donors (Lipinski definition) is 1.